The van der Waals surface area contributed by atoms with E-state index >= 15 is 0 Å². The molecule has 2 rings (SSSR count). The summed E-state index contributed by atoms with van der Waals surface area (Å²) < 4.78 is 0. The van der Waals surface area contributed by atoms with Crippen LogP contribution in [-0.4, -0.2) is 53.3 Å². The summed E-state index contributed by atoms with van der Waals surface area (Å²) in [6, 6.07) is 0.649. The number of nitrogens with two attached hydrogens (primary N) is 1. The van der Waals surface area contributed by atoms with Crippen molar-refractivity contribution in [2.45, 2.75) is 76.9 Å². The second kappa shape index (κ2) is 6.30. The molecule has 4 nitrogen and oxygen atoms in total. The minimum absolute atomic E-state index is 0.238. The van der Waals surface area contributed by atoms with E-state index in [1.165, 1.54) is 32.1 Å². The molecule has 0 bridgehead atoms. The van der Waals surface area contributed by atoms with Gasteiger partial charge in [-0.25, -0.2) is 10.0 Å². The summed E-state index contributed by atoms with van der Waals surface area (Å²) in [5.74, 6) is 0. The van der Waals surface area contributed by atoms with Crippen LogP contribution in [0.1, 0.15) is 59.8 Å². The third-order valence-electron chi connectivity index (χ3n) is 5.07. The van der Waals surface area contributed by atoms with Crippen molar-refractivity contribution in [3.63, 3.8) is 0 Å². The molecule has 20 heavy (non-hydrogen) atoms. The third kappa shape index (κ3) is 3.35. The van der Waals surface area contributed by atoms with E-state index < -0.39 is 0 Å². The molecule has 4 heteroatoms. The summed E-state index contributed by atoms with van der Waals surface area (Å²) in [7, 11) is 0. The maximum absolute atomic E-state index is 5.94. The van der Waals surface area contributed by atoms with Gasteiger partial charge in [-0.2, -0.15) is 0 Å². The molecule has 0 aromatic carbocycles. The van der Waals surface area contributed by atoms with E-state index in [1.54, 1.807) is 0 Å². The van der Waals surface area contributed by atoms with Crippen LogP contribution in [0.15, 0.2) is 0 Å². The van der Waals surface area contributed by atoms with E-state index in [0.29, 0.717) is 6.04 Å². The summed E-state index contributed by atoms with van der Waals surface area (Å²) in [5, 5.41) is 8.79. The van der Waals surface area contributed by atoms with Crippen LogP contribution in [-0.2, 0) is 0 Å². The predicted octanol–water partition coefficient (Wildman–Crippen LogP) is 1.96. The van der Waals surface area contributed by atoms with Crippen LogP contribution >= 0.6 is 0 Å². The number of piperidine rings is 2. The number of hydrogen-bond donors (Lipinski definition) is 2. The second-order valence-electron chi connectivity index (χ2n) is 7.72. The third-order valence-corrected chi connectivity index (χ3v) is 5.07. The summed E-state index contributed by atoms with van der Waals surface area (Å²) in [4.78, 5) is 0. The molecule has 118 valence electrons. The Morgan fingerprint density at radius 1 is 1.10 bits per heavy atom. The van der Waals surface area contributed by atoms with E-state index in [4.69, 9.17) is 5.73 Å². The number of nitrogens with zero attached hydrogens (tertiary/aromatic N) is 2. The van der Waals surface area contributed by atoms with Crippen LogP contribution in [0.25, 0.3) is 0 Å². The molecule has 0 aliphatic carbocycles. The zero-order chi connectivity index (χ0) is 14.8. The maximum atomic E-state index is 5.94. The molecule has 0 amide bonds. The monoisotopic (exact) mass is 282 g/mol. The predicted molar refractivity (Wildman–Crippen MR) is 85.5 cm³/mol. The van der Waals surface area contributed by atoms with Gasteiger partial charge in [-0.3, -0.25) is 0 Å². The normalized spacial score (nSPS) is 27.9. The van der Waals surface area contributed by atoms with Gasteiger partial charge in [0.15, 0.2) is 0 Å². The minimum atomic E-state index is 0.238. The highest BCUT2D eigenvalue weighted by Crippen LogP contribution is 2.40. The Hall–Kier alpha value is -0.160. The summed E-state index contributed by atoms with van der Waals surface area (Å²) in [6.45, 7) is 13.6. The molecule has 0 atom stereocenters. The fourth-order valence-corrected chi connectivity index (χ4v) is 4.36. The Bertz CT molecular complexity index is 292. The van der Waals surface area contributed by atoms with Gasteiger partial charge in [0.1, 0.15) is 0 Å². The first-order chi connectivity index (χ1) is 9.38. The lowest BCUT2D eigenvalue weighted by Gasteiger charge is -2.59. The van der Waals surface area contributed by atoms with Crippen LogP contribution in [0.3, 0.4) is 0 Å². The summed E-state index contributed by atoms with van der Waals surface area (Å²) >= 11 is 0. The van der Waals surface area contributed by atoms with E-state index in [-0.39, 0.29) is 11.1 Å². The van der Waals surface area contributed by atoms with Crippen molar-refractivity contribution in [3.8, 4) is 0 Å². The van der Waals surface area contributed by atoms with Crippen molar-refractivity contribution in [1.29, 1.82) is 0 Å². The minimum Gasteiger partial charge on any atom is -0.329 e. The molecule has 2 aliphatic heterocycles. The average molecular weight is 282 g/mol. The molecule has 0 unspecified atom stereocenters. The standard InChI is InChI=1S/C16H34N4/c1-15(2)8-5-9-16(3,4)20(15)19(13-10-17)14-6-11-18-12-7-14/h14,18H,5-13,17H2,1-4H3. The van der Waals surface area contributed by atoms with Crippen LogP contribution in [0.5, 0.6) is 0 Å². The fraction of sp³-hybridized carbons (Fsp3) is 1.00. The van der Waals surface area contributed by atoms with Gasteiger partial charge in [0.25, 0.3) is 0 Å². The SMILES string of the molecule is CC1(C)CCCC(C)(C)N1N(CCN)C1CCNCC1. The molecule has 0 radical (unpaired) electrons. The van der Waals surface area contributed by atoms with Crippen molar-refractivity contribution in [3.05, 3.63) is 0 Å². The first kappa shape index (κ1) is 16.2. The van der Waals surface area contributed by atoms with Gasteiger partial charge in [0.2, 0.25) is 0 Å². The van der Waals surface area contributed by atoms with Crippen molar-refractivity contribution in [2.24, 2.45) is 5.73 Å². The molecule has 0 saturated carbocycles. The summed E-state index contributed by atoms with van der Waals surface area (Å²) in [5.41, 5.74) is 6.41. The molecule has 2 saturated heterocycles. The molecule has 2 fully saturated rings. The number of hydrazine groups is 1. The van der Waals surface area contributed by atoms with Crippen LogP contribution < -0.4 is 11.1 Å². The lowest BCUT2D eigenvalue weighted by molar-refractivity contribution is -0.203. The Labute approximate surface area is 125 Å². The topological polar surface area (TPSA) is 44.5 Å². The zero-order valence-electron chi connectivity index (χ0n) is 13.9. The lowest BCUT2D eigenvalue weighted by Crippen LogP contribution is -2.68. The number of rotatable bonds is 4. The quantitative estimate of drug-likeness (QED) is 0.827. The highest BCUT2D eigenvalue weighted by Gasteiger charge is 2.46. The molecular weight excluding hydrogens is 248 g/mol. The van der Waals surface area contributed by atoms with Gasteiger partial charge in [0, 0.05) is 30.2 Å². The molecule has 0 aromatic rings. The van der Waals surface area contributed by atoms with Crippen molar-refractivity contribution < 1.29 is 0 Å². The molecular formula is C16H34N4. The second-order valence-corrected chi connectivity index (χ2v) is 7.72. The van der Waals surface area contributed by atoms with E-state index in [9.17, 15) is 0 Å². The average Bonchev–Trinajstić information content (AvgIpc) is 2.37. The molecule has 2 heterocycles. The van der Waals surface area contributed by atoms with Crippen LogP contribution in [0.4, 0.5) is 0 Å². The highest BCUT2D eigenvalue weighted by molar-refractivity contribution is 4.97. The Balaban J connectivity index is 2.24. The molecule has 0 aromatic heterocycles. The lowest BCUT2D eigenvalue weighted by atomic mass is 9.81. The van der Waals surface area contributed by atoms with Crippen LogP contribution in [0.2, 0.25) is 0 Å². The first-order valence-electron chi connectivity index (χ1n) is 8.36. The van der Waals surface area contributed by atoms with E-state index in [1.807, 2.05) is 0 Å². The van der Waals surface area contributed by atoms with Gasteiger partial charge in [0.05, 0.1) is 0 Å². The Morgan fingerprint density at radius 3 is 2.15 bits per heavy atom. The maximum Gasteiger partial charge on any atom is 0.0306 e. The highest BCUT2D eigenvalue weighted by atomic mass is 15.7. The Morgan fingerprint density at radius 2 is 1.65 bits per heavy atom. The molecule has 2 aliphatic rings. The van der Waals surface area contributed by atoms with Crippen molar-refractivity contribution in [1.82, 2.24) is 15.3 Å². The van der Waals surface area contributed by atoms with E-state index in [2.05, 4.69) is 43.0 Å². The largest absolute Gasteiger partial charge is 0.329 e. The van der Waals surface area contributed by atoms with Gasteiger partial charge in [-0.15, -0.1) is 0 Å². The van der Waals surface area contributed by atoms with E-state index in [0.717, 1.165) is 26.2 Å². The zero-order valence-corrected chi connectivity index (χ0v) is 13.9. The Kier molecular flexibility index (Phi) is 5.11. The molecule has 0 spiro atoms. The number of hydrogen-bond acceptors (Lipinski definition) is 4. The van der Waals surface area contributed by atoms with Gasteiger partial charge in [-0.05, 0) is 72.9 Å². The van der Waals surface area contributed by atoms with Crippen molar-refractivity contribution >= 4 is 0 Å². The van der Waals surface area contributed by atoms with Gasteiger partial charge < -0.3 is 11.1 Å². The summed E-state index contributed by atoms with van der Waals surface area (Å²) in [6.07, 6.45) is 6.37. The molecule has 3 N–H and O–H groups in total. The smallest absolute Gasteiger partial charge is 0.0306 e. The van der Waals surface area contributed by atoms with Crippen molar-refractivity contribution in [2.75, 3.05) is 26.2 Å². The van der Waals surface area contributed by atoms with Gasteiger partial charge in [-0.1, -0.05) is 0 Å². The fourth-order valence-electron chi connectivity index (χ4n) is 4.36. The van der Waals surface area contributed by atoms with Gasteiger partial charge >= 0.3 is 0 Å². The van der Waals surface area contributed by atoms with Crippen LogP contribution in [0, 0.1) is 0 Å². The number of nitrogens with one attached hydrogen (secondary N) is 1. The first-order valence-corrected chi connectivity index (χ1v) is 8.36.